The molecule has 0 aliphatic heterocycles. The van der Waals surface area contributed by atoms with Crippen LogP contribution in [0.2, 0.25) is 0 Å². The summed E-state index contributed by atoms with van der Waals surface area (Å²) in [6, 6.07) is 2.04. The fourth-order valence-electron chi connectivity index (χ4n) is 1.29. The van der Waals surface area contributed by atoms with Crippen molar-refractivity contribution < 1.29 is 5.11 Å². The molecule has 0 amide bonds. The number of aliphatic hydroxyl groups excluding tert-OH is 1. The lowest BCUT2D eigenvalue weighted by atomic mass is 10.1. The van der Waals surface area contributed by atoms with Crippen molar-refractivity contribution in [3.05, 3.63) is 16.7 Å². The van der Waals surface area contributed by atoms with E-state index in [0.29, 0.717) is 5.69 Å². The smallest absolute Gasteiger partial charge is 0.140 e. The third kappa shape index (κ3) is 3.68. The number of rotatable bonds is 5. The van der Waals surface area contributed by atoms with Gasteiger partial charge >= 0.3 is 0 Å². The molecule has 0 aliphatic rings. The van der Waals surface area contributed by atoms with E-state index in [2.05, 4.69) is 33.2 Å². The second-order valence-corrected chi connectivity index (χ2v) is 4.22. The number of aliphatic hydroxyl groups is 1. The van der Waals surface area contributed by atoms with E-state index >= 15 is 0 Å². The molecule has 4 N–H and O–H groups in total. The van der Waals surface area contributed by atoms with Crippen LogP contribution in [-0.4, -0.2) is 22.7 Å². The Morgan fingerprint density at radius 1 is 1.67 bits per heavy atom. The van der Waals surface area contributed by atoms with E-state index in [1.807, 2.05) is 0 Å². The lowest BCUT2D eigenvalue weighted by Crippen LogP contribution is -2.20. The first-order valence-corrected chi connectivity index (χ1v) is 5.75. The summed E-state index contributed by atoms with van der Waals surface area (Å²) in [4.78, 5) is 4.18. The molecule has 84 valence electrons. The first-order valence-electron chi connectivity index (χ1n) is 4.95. The molecule has 1 aromatic heterocycles. The van der Waals surface area contributed by atoms with Crippen LogP contribution in [0, 0.1) is 0 Å². The molecule has 4 nitrogen and oxygen atoms in total. The minimum Gasteiger partial charge on any atom is -0.397 e. The second-order valence-electron chi connectivity index (χ2n) is 3.36. The number of halogens is 1. The largest absolute Gasteiger partial charge is 0.397 e. The van der Waals surface area contributed by atoms with Gasteiger partial charge in [0.15, 0.2) is 0 Å². The van der Waals surface area contributed by atoms with Gasteiger partial charge in [0, 0.05) is 12.6 Å². The number of hydrogen-bond donors (Lipinski definition) is 3. The number of pyridine rings is 1. The normalized spacial score (nSPS) is 12.5. The van der Waals surface area contributed by atoms with Crippen molar-refractivity contribution in [1.29, 1.82) is 0 Å². The molecule has 0 saturated carbocycles. The average Bonchev–Trinajstić information content (AvgIpc) is 2.21. The van der Waals surface area contributed by atoms with Gasteiger partial charge in [-0.1, -0.05) is 6.92 Å². The Hall–Kier alpha value is -0.810. The van der Waals surface area contributed by atoms with Crippen LogP contribution in [0.5, 0.6) is 0 Å². The number of hydrogen-bond acceptors (Lipinski definition) is 4. The number of anilines is 2. The highest BCUT2D eigenvalue weighted by atomic mass is 79.9. The van der Waals surface area contributed by atoms with Gasteiger partial charge in [-0.25, -0.2) is 4.98 Å². The molecule has 0 bridgehead atoms. The van der Waals surface area contributed by atoms with E-state index in [9.17, 15) is 0 Å². The van der Waals surface area contributed by atoms with Crippen molar-refractivity contribution in [2.45, 2.75) is 25.8 Å². The second kappa shape index (κ2) is 5.92. The van der Waals surface area contributed by atoms with Gasteiger partial charge in [-0.15, -0.1) is 0 Å². The molecule has 1 atom stereocenters. The molecule has 0 fully saturated rings. The number of nitrogens with one attached hydrogen (secondary N) is 1. The fourth-order valence-corrected chi connectivity index (χ4v) is 1.77. The van der Waals surface area contributed by atoms with Gasteiger partial charge in [0.25, 0.3) is 0 Å². The fraction of sp³-hybridized carbons (Fsp3) is 0.500. The van der Waals surface area contributed by atoms with Gasteiger partial charge in [-0.05, 0) is 34.8 Å². The van der Waals surface area contributed by atoms with E-state index in [1.165, 1.54) is 0 Å². The highest BCUT2D eigenvalue weighted by molar-refractivity contribution is 9.10. The molecule has 0 aromatic carbocycles. The van der Waals surface area contributed by atoms with Crippen LogP contribution in [0.4, 0.5) is 11.5 Å². The van der Waals surface area contributed by atoms with E-state index in [1.54, 1.807) is 12.3 Å². The lowest BCUT2D eigenvalue weighted by molar-refractivity contribution is 0.278. The van der Waals surface area contributed by atoms with E-state index in [-0.39, 0.29) is 12.6 Å². The zero-order chi connectivity index (χ0) is 11.3. The Labute approximate surface area is 98.0 Å². The van der Waals surface area contributed by atoms with Gasteiger partial charge in [-0.3, -0.25) is 0 Å². The highest BCUT2D eigenvalue weighted by Crippen LogP contribution is 2.23. The van der Waals surface area contributed by atoms with Crippen LogP contribution < -0.4 is 11.1 Å². The van der Waals surface area contributed by atoms with Crippen LogP contribution in [0.25, 0.3) is 0 Å². The third-order valence-corrected chi connectivity index (χ3v) is 2.78. The highest BCUT2D eigenvalue weighted by Gasteiger charge is 2.08. The van der Waals surface area contributed by atoms with Crippen LogP contribution >= 0.6 is 15.9 Å². The molecular weight excluding hydrogens is 258 g/mol. The Kier molecular flexibility index (Phi) is 4.84. The minimum absolute atomic E-state index is 0.179. The van der Waals surface area contributed by atoms with Crippen molar-refractivity contribution in [3.8, 4) is 0 Å². The Balaban J connectivity index is 2.70. The Bertz CT molecular complexity index is 320. The van der Waals surface area contributed by atoms with Crippen molar-refractivity contribution in [2.75, 3.05) is 17.7 Å². The summed E-state index contributed by atoms with van der Waals surface area (Å²) in [5.41, 5.74) is 6.22. The van der Waals surface area contributed by atoms with Crippen LogP contribution in [0.15, 0.2) is 16.7 Å². The SMILES string of the molecule is CCC(CCO)Nc1ncc(N)cc1Br. The van der Waals surface area contributed by atoms with Gasteiger partial charge in [0.2, 0.25) is 0 Å². The monoisotopic (exact) mass is 273 g/mol. The molecule has 0 saturated heterocycles. The first kappa shape index (κ1) is 12.3. The topological polar surface area (TPSA) is 71.2 Å². The third-order valence-electron chi connectivity index (χ3n) is 2.17. The summed E-state index contributed by atoms with van der Waals surface area (Å²) >= 11 is 3.39. The number of aromatic nitrogens is 1. The zero-order valence-electron chi connectivity index (χ0n) is 8.70. The molecule has 1 unspecified atom stereocenters. The summed E-state index contributed by atoms with van der Waals surface area (Å²) < 4.78 is 0.846. The summed E-state index contributed by atoms with van der Waals surface area (Å²) in [5.74, 6) is 0.768. The van der Waals surface area contributed by atoms with Crippen molar-refractivity contribution in [2.24, 2.45) is 0 Å². The summed E-state index contributed by atoms with van der Waals surface area (Å²) in [6.07, 6.45) is 3.27. The molecule has 0 aliphatic carbocycles. The van der Waals surface area contributed by atoms with Crippen molar-refractivity contribution in [1.82, 2.24) is 4.98 Å². The molecule has 5 heteroatoms. The molecule has 1 heterocycles. The number of nitrogen functional groups attached to an aromatic ring is 1. The maximum atomic E-state index is 8.87. The van der Waals surface area contributed by atoms with Gasteiger partial charge in [-0.2, -0.15) is 0 Å². The predicted octanol–water partition coefficient (Wildman–Crippen LogP) is 2.00. The lowest BCUT2D eigenvalue weighted by Gasteiger charge is -2.17. The van der Waals surface area contributed by atoms with E-state index in [0.717, 1.165) is 23.1 Å². The van der Waals surface area contributed by atoms with E-state index < -0.39 is 0 Å². The quantitative estimate of drug-likeness (QED) is 0.768. The molecule has 1 aromatic rings. The molecule has 15 heavy (non-hydrogen) atoms. The van der Waals surface area contributed by atoms with Crippen molar-refractivity contribution >= 4 is 27.4 Å². The molecule has 0 radical (unpaired) electrons. The molecule has 0 spiro atoms. The number of nitrogens with two attached hydrogens (primary N) is 1. The van der Waals surface area contributed by atoms with Crippen LogP contribution in [0.1, 0.15) is 19.8 Å². The molecular formula is C10H16BrN3O. The number of nitrogens with zero attached hydrogens (tertiary/aromatic N) is 1. The Morgan fingerprint density at radius 2 is 2.40 bits per heavy atom. The maximum Gasteiger partial charge on any atom is 0.140 e. The van der Waals surface area contributed by atoms with E-state index in [4.69, 9.17) is 10.8 Å². The van der Waals surface area contributed by atoms with Crippen LogP contribution in [-0.2, 0) is 0 Å². The van der Waals surface area contributed by atoms with Gasteiger partial charge < -0.3 is 16.2 Å². The van der Waals surface area contributed by atoms with Crippen LogP contribution in [0.3, 0.4) is 0 Å². The first-order chi connectivity index (χ1) is 7.17. The maximum absolute atomic E-state index is 8.87. The minimum atomic E-state index is 0.179. The summed E-state index contributed by atoms with van der Waals surface area (Å²) in [7, 11) is 0. The zero-order valence-corrected chi connectivity index (χ0v) is 10.3. The molecule has 1 rings (SSSR count). The van der Waals surface area contributed by atoms with Crippen molar-refractivity contribution in [3.63, 3.8) is 0 Å². The summed E-state index contributed by atoms with van der Waals surface area (Å²) in [6.45, 7) is 2.25. The van der Waals surface area contributed by atoms with Gasteiger partial charge in [0.05, 0.1) is 16.4 Å². The Morgan fingerprint density at radius 3 is 2.93 bits per heavy atom. The summed E-state index contributed by atoms with van der Waals surface area (Å²) in [5, 5.41) is 12.1. The predicted molar refractivity (Wildman–Crippen MR) is 65.8 cm³/mol. The standard InChI is InChI=1S/C10H16BrN3O/c1-2-8(3-4-15)14-10-9(11)5-7(12)6-13-10/h5-6,8,15H,2-4,12H2,1H3,(H,13,14). The average molecular weight is 274 g/mol. The van der Waals surface area contributed by atoms with Gasteiger partial charge in [0.1, 0.15) is 5.82 Å².